The van der Waals surface area contributed by atoms with Crippen LogP contribution in [0, 0.1) is 11.8 Å². The minimum atomic E-state index is 0.530. The molecule has 0 spiro atoms. The van der Waals surface area contributed by atoms with E-state index in [0.29, 0.717) is 5.92 Å². The van der Waals surface area contributed by atoms with Crippen LogP contribution >= 0.6 is 0 Å². The minimum absolute atomic E-state index is 0.530. The smallest absolute Gasteiger partial charge is 0.111 e. The van der Waals surface area contributed by atoms with Gasteiger partial charge >= 0.3 is 0 Å². The van der Waals surface area contributed by atoms with Gasteiger partial charge < -0.3 is 9.88 Å². The number of hydrogen-bond acceptors (Lipinski definition) is 2. The Morgan fingerprint density at radius 2 is 2.11 bits per heavy atom. The first kappa shape index (κ1) is 12.2. The van der Waals surface area contributed by atoms with Crippen molar-refractivity contribution < 1.29 is 0 Å². The van der Waals surface area contributed by atoms with Gasteiger partial charge in [-0.05, 0) is 24.7 Å². The van der Waals surface area contributed by atoms with E-state index in [2.05, 4.69) is 30.7 Å². The Balaban J connectivity index is 1.90. The van der Waals surface area contributed by atoms with Gasteiger partial charge in [-0.15, -0.1) is 0 Å². The number of fused-ring (bicyclic) bond motifs is 1. The third kappa shape index (κ3) is 2.20. The zero-order valence-electron chi connectivity index (χ0n) is 11.9. The Morgan fingerprint density at radius 3 is 2.78 bits per heavy atom. The van der Waals surface area contributed by atoms with Crippen LogP contribution in [0.3, 0.4) is 0 Å². The van der Waals surface area contributed by atoms with E-state index in [1.807, 2.05) is 0 Å². The van der Waals surface area contributed by atoms with E-state index in [9.17, 15) is 0 Å². The molecule has 2 aliphatic rings. The Hall–Kier alpha value is -0.830. The molecular weight excluding hydrogens is 222 g/mol. The molecule has 0 amide bonds. The fraction of sp³-hybridized carbons (Fsp3) is 0.800. The van der Waals surface area contributed by atoms with E-state index in [1.54, 1.807) is 0 Å². The summed E-state index contributed by atoms with van der Waals surface area (Å²) in [5.41, 5.74) is 2.80. The maximum absolute atomic E-state index is 4.88. The van der Waals surface area contributed by atoms with Crippen LogP contribution in [0.4, 0.5) is 0 Å². The van der Waals surface area contributed by atoms with Crippen LogP contribution in [0.2, 0.25) is 0 Å². The van der Waals surface area contributed by atoms with Crippen molar-refractivity contribution in [3.63, 3.8) is 0 Å². The van der Waals surface area contributed by atoms with Gasteiger partial charge in [0.2, 0.25) is 0 Å². The summed E-state index contributed by atoms with van der Waals surface area (Å²) in [4.78, 5) is 4.88. The molecule has 1 saturated carbocycles. The van der Waals surface area contributed by atoms with Crippen molar-refractivity contribution in [3.05, 3.63) is 17.2 Å². The average molecular weight is 247 g/mol. The summed E-state index contributed by atoms with van der Waals surface area (Å²) in [5, 5.41) is 3.43. The van der Waals surface area contributed by atoms with Gasteiger partial charge in [0, 0.05) is 37.7 Å². The molecule has 2 heterocycles. The fourth-order valence-corrected chi connectivity index (χ4v) is 3.14. The van der Waals surface area contributed by atoms with Crippen LogP contribution in [-0.4, -0.2) is 16.1 Å². The molecule has 3 rings (SSSR count). The lowest BCUT2D eigenvalue weighted by atomic mass is 10.1. The molecular formula is C15H25N3. The van der Waals surface area contributed by atoms with E-state index >= 15 is 0 Å². The van der Waals surface area contributed by atoms with Crippen molar-refractivity contribution in [3.8, 4) is 0 Å². The van der Waals surface area contributed by atoms with Crippen molar-refractivity contribution in [2.75, 3.05) is 6.54 Å². The second kappa shape index (κ2) is 4.69. The minimum Gasteiger partial charge on any atom is -0.331 e. The molecule has 1 aromatic rings. The zero-order valence-corrected chi connectivity index (χ0v) is 11.9. The summed E-state index contributed by atoms with van der Waals surface area (Å²) >= 11 is 0. The zero-order chi connectivity index (χ0) is 12.7. The third-order valence-electron chi connectivity index (χ3n) is 4.43. The van der Waals surface area contributed by atoms with Gasteiger partial charge in [-0.1, -0.05) is 20.8 Å². The summed E-state index contributed by atoms with van der Waals surface area (Å²) in [6.45, 7) is 10.2. The molecule has 18 heavy (non-hydrogen) atoms. The quantitative estimate of drug-likeness (QED) is 0.886. The van der Waals surface area contributed by atoms with Crippen LogP contribution in [0.5, 0.6) is 0 Å². The van der Waals surface area contributed by atoms with Crippen molar-refractivity contribution in [2.45, 2.75) is 59.0 Å². The maximum Gasteiger partial charge on any atom is 0.111 e. The van der Waals surface area contributed by atoms with Gasteiger partial charge in [-0.25, -0.2) is 4.98 Å². The van der Waals surface area contributed by atoms with Crippen molar-refractivity contribution in [2.24, 2.45) is 11.8 Å². The predicted octanol–water partition coefficient (Wildman–Crippen LogP) is 2.70. The molecule has 1 aliphatic heterocycles. The average Bonchev–Trinajstić information content (AvgIpc) is 3.13. The van der Waals surface area contributed by atoms with Crippen LogP contribution < -0.4 is 5.32 Å². The maximum atomic E-state index is 4.88. The monoisotopic (exact) mass is 247 g/mol. The van der Waals surface area contributed by atoms with E-state index in [1.165, 1.54) is 36.6 Å². The molecule has 0 saturated heterocycles. The first-order chi connectivity index (χ1) is 8.66. The van der Waals surface area contributed by atoms with Crippen LogP contribution in [0.15, 0.2) is 0 Å². The molecule has 1 fully saturated rings. The fourth-order valence-electron chi connectivity index (χ4n) is 3.14. The molecule has 1 aliphatic carbocycles. The van der Waals surface area contributed by atoms with Gasteiger partial charge in [0.1, 0.15) is 5.82 Å². The molecule has 3 nitrogen and oxygen atoms in total. The molecule has 100 valence electrons. The first-order valence-corrected chi connectivity index (χ1v) is 7.45. The number of imidazole rings is 1. The highest BCUT2D eigenvalue weighted by molar-refractivity contribution is 5.22. The van der Waals surface area contributed by atoms with Crippen molar-refractivity contribution >= 4 is 0 Å². The Kier molecular flexibility index (Phi) is 3.18. The van der Waals surface area contributed by atoms with Gasteiger partial charge in [0.05, 0.1) is 5.69 Å². The Bertz CT molecular complexity index is 429. The number of nitrogens with zero attached hydrogens (tertiary/aromatic N) is 2. The third-order valence-corrected chi connectivity index (χ3v) is 4.43. The van der Waals surface area contributed by atoms with Gasteiger partial charge in [0.25, 0.3) is 0 Å². The van der Waals surface area contributed by atoms with Crippen LogP contribution in [-0.2, 0) is 19.5 Å². The van der Waals surface area contributed by atoms with E-state index in [4.69, 9.17) is 4.98 Å². The SMILES string of the molecule is CC(C)c1nc2c(n1CC(C)C1CC1)CCNC2. The highest BCUT2D eigenvalue weighted by Gasteiger charge is 2.30. The van der Waals surface area contributed by atoms with Gasteiger partial charge in [-0.3, -0.25) is 0 Å². The predicted molar refractivity (Wildman–Crippen MR) is 73.6 cm³/mol. The topological polar surface area (TPSA) is 29.9 Å². The van der Waals surface area contributed by atoms with Gasteiger partial charge in [0.15, 0.2) is 0 Å². The largest absolute Gasteiger partial charge is 0.331 e. The lowest BCUT2D eigenvalue weighted by Crippen LogP contribution is -2.26. The summed E-state index contributed by atoms with van der Waals surface area (Å²) in [6.07, 6.45) is 4.03. The standard InChI is InChI=1S/C15H25N3/c1-10(2)15-17-13-8-16-7-6-14(13)18(15)9-11(3)12-4-5-12/h10-12,16H,4-9H2,1-3H3. The molecule has 1 atom stereocenters. The van der Waals surface area contributed by atoms with Crippen LogP contribution in [0.25, 0.3) is 0 Å². The van der Waals surface area contributed by atoms with Crippen molar-refractivity contribution in [1.82, 2.24) is 14.9 Å². The molecule has 1 N–H and O–H groups in total. The number of hydrogen-bond donors (Lipinski definition) is 1. The second-order valence-corrected chi connectivity index (χ2v) is 6.37. The number of rotatable bonds is 4. The van der Waals surface area contributed by atoms with Gasteiger partial charge in [-0.2, -0.15) is 0 Å². The number of nitrogens with one attached hydrogen (secondary N) is 1. The summed E-state index contributed by atoms with van der Waals surface area (Å²) < 4.78 is 2.55. The van der Waals surface area contributed by atoms with Crippen molar-refractivity contribution in [1.29, 1.82) is 0 Å². The molecule has 0 aromatic carbocycles. The number of aromatic nitrogens is 2. The molecule has 0 bridgehead atoms. The molecule has 0 radical (unpaired) electrons. The summed E-state index contributed by atoms with van der Waals surface area (Å²) in [7, 11) is 0. The summed E-state index contributed by atoms with van der Waals surface area (Å²) in [5.74, 6) is 3.62. The van der Waals surface area contributed by atoms with Crippen LogP contribution in [0.1, 0.15) is 56.7 Å². The Morgan fingerprint density at radius 1 is 1.33 bits per heavy atom. The highest BCUT2D eigenvalue weighted by Crippen LogP contribution is 2.38. The molecule has 1 aromatic heterocycles. The van der Waals surface area contributed by atoms with E-state index in [0.717, 1.165) is 31.3 Å². The highest BCUT2D eigenvalue weighted by atomic mass is 15.1. The molecule has 1 unspecified atom stereocenters. The summed E-state index contributed by atoms with van der Waals surface area (Å²) in [6, 6.07) is 0. The molecule has 3 heteroatoms. The van der Waals surface area contributed by atoms with E-state index in [-0.39, 0.29) is 0 Å². The second-order valence-electron chi connectivity index (χ2n) is 6.37. The normalized spacial score (nSPS) is 21.1. The van der Waals surface area contributed by atoms with E-state index < -0.39 is 0 Å². The lowest BCUT2D eigenvalue weighted by Gasteiger charge is -2.20. The lowest BCUT2D eigenvalue weighted by molar-refractivity contribution is 0.408. The first-order valence-electron chi connectivity index (χ1n) is 7.45. The Labute approximate surface area is 110 Å².